The topological polar surface area (TPSA) is 64.1 Å². The number of aliphatic imine (C=N–C) groups is 1. The van der Waals surface area contributed by atoms with Gasteiger partial charge in [-0.15, -0.1) is 24.0 Å². The first-order chi connectivity index (χ1) is 13.5. The molecule has 2 N–H and O–H groups in total. The van der Waals surface area contributed by atoms with Crippen molar-refractivity contribution in [1.82, 2.24) is 10.6 Å². The van der Waals surface area contributed by atoms with Gasteiger partial charge in [0.2, 0.25) is 0 Å². The molecule has 0 spiro atoms. The highest BCUT2D eigenvalue weighted by atomic mass is 127. The Labute approximate surface area is 191 Å². The van der Waals surface area contributed by atoms with E-state index in [9.17, 15) is 0 Å². The Morgan fingerprint density at radius 1 is 0.966 bits per heavy atom. The Kier molecular flexibility index (Phi) is 10.6. The summed E-state index contributed by atoms with van der Waals surface area (Å²) in [5.74, 6) is 3.13. The van der Waals surface area contributed by atoms with Crippen LogP contribution in [0.3, 0.4) is 0 Å². The van der Waals surface area contributed by atoms with E-state index >= 15 is 0 Å². The number of aryl methyl sites for hydroxylation is 1. The third-order valence-corrected chi connectivity index (χ3v) is 4.64. The van der Waals surface area contributed by atoms with E-state index < -0.39 is 0 Å². The number of ether oxygens (including phenoxy) is 3. The summed E-state index contributed by atoms with van der Waals surface area (Å²) in [5, 5.41) is 6.72. The van der Waals surface area contributed by atoms with E-state index in [2.05, 4.69) is 53.7 Å². The summed E-state index contributed by atoms with van der Waals surface area (Å²) >= 11 is 0. The predicted octanol–water partition coefficient (Wildman–Crippen LogP) is 4.11. The monoisotopic (exact) mass is 513 g/mol. The van der Waals surface area contributed by atoms with Gasteiger partial charge in [-0.05, 0) is 24.5 Å². The van der Waals surface area contributed by atoms with Crippen molar-refractivity contribution in [3.8, 4) is 17.2 Å². The molecule has 0 saturated carbocycles. The molecule has 0 radical (unpaired) electrons. The van der Waals surface area contributed by atoms with E-state index in [1.807, 2.05) is 12.1 Å². The molecule has 0 aliphatic heterocycles. The molecule has 0 aliphatic carbocycles. The zero-order valence-electron chi connectivity index (χ0n) is 18.0. The second-order valence-electron chi connectivity index (χ2n) is 6.64. The lowest BCUT2D eigenvalue weighted by Crippen LogP contribution is -2.38. The van der Waals surface area contributed by atoms with Crippen molar-refractivity contribution in [1.29, 1.82) is 0 Å². The number of nitrogens with zero attached hydrogens (tertiary/aromatic N) is 1. The average Bonchev–Trinajstić information content (AvgIpc) is 2.72. The van der Waals surface area contributed by atoms with Gasteiger partial charge in [-0.25, -0.2) is 0 Å². The Hall–Kier alpha value is -2.16. The van der Waals surface area contributed by atoms with Crippen LogP contribution in [0.4, 0.5) is 0 Å². The van der Waals surface area contributed by atoms with Gasteiger partial charge in [-0.3, -0.25) is 4.99 Å². The van der Waals surface area contributed by atoms with Crippen LogP contribution in [0.2, 0.25) is 0 Å². The molecule has 2 aromatic carbocycles. The number of hydrogen-bond donors (Lipinski definition) is 2. The number of methoxy groups -OCH3 is 3. The van der Waals surface area contributed by atoms with Crippen LogP contribution in [0, 0.1) is 6.92 Å². The van der Waals surface area contributed by atoms with Gasteiger partial charge in [-0.1, -0.05) is 36.8 Å². The first kappa shape index (κ1) is 24.9. The number of nitrogens with one attached hydrogen (secondary N) is 2. The highest BCUT2D eigenvalue weighted by molar-refractivity contribution is 14.0. The minimum absolute atomic E-state index is 0. The van der Waals surface area contributed by atoms with Gasteiger partial charge in [-0.2, -0.15) is 0 Å². The van der Waals surface area contributed by atoms with E-state index in [4.69, 9.17) is 14.2 Å². The van der Waals surface area contributed by atoms with Gasteiger partial charge >= 0.3 is 0 Å². The zero-order chi connectivity index (χ0) is 20.5. The molecule has 0 aromatic heterocycles. The van der Waals surface area contributed by atoms with Crippen LogP contribution in [0.1, 0.15) is 29.5 Å². The average molecular weight is 513 g/mol. The molecule has 0 aliphatic rings. The van der Waals surface area contributed by atoms with E-state index in [-0.39, 0.29) is 24.0 Å². The molecular formula is C22H32IN3O3. The summed E-state index contributed by atoms with van der Waals surface area (Å²) < 4.78 is 16.2. The lowest BCUT2D eigenvalue weighted by atomic mass is 9.99. The standard InChI is InChI=1S/C22H31N3O3.HI/c1-15-8-7-9-17(10-15)16(2)13-24-22(23-3)25-14-18-11-20(27-5)21(28-6)12-19(18)26-4;/h7-12,16H,13-14H2,1-6H3,(H2,23,24,25);1H. The first-order valence-electron chi connectivity index (χ1n) is 9.32. The van der Waals surface area contributed by atoms with Crippen molar-refractivity contribution in [2.45, 2.75) is 26.3 Å². The zero-order valence-corrected chi connectivity index (χ0v) is 20.4. The normalized spacial score (nSPS) is 11.9. The SMILES string of the molecule is CN=C(NCc1cc(OC)c(OC)cc1OC)NCC(C)c1cccc(C)c1.I. The highest BCUT2D eigenvalue weighted by Crippen LogP contribution is 2.34. The summed E-state index contributed by atoms with van der Waals surface area (Å²) in [7, 11) is 6.63. The summed E-state index contributed by atoms with van der Waals surface area (Å²) in [6.45, 7) is 5.64. The van der Waals surface area contributed by atoms with Gasteiger partial charge < -0.3 is 24.8 Å². The molecule has 2 aromatic rings. The van der Waals surface area contributed by atoms with Crippen LogP contribution < -0.4 is 24.8 Å². The third-order valence-electron chi connectivity index (χ3n) is 4.64. The molecule has 6 nitrogen and oxygen atoms in total. The quantitative estimate of drug-likeness (QED) is 0.316. The highest BCUT2D eigenvalue weighted by Gasteiger charge is 2.13. The van der Waals surface area contributed by atoms with Gasteiger partial charge in [0.05, 0.1) is 21.3 Å². The molecule has 0 saturated heterocycles. The van der Waals surface area contributed by atoms with Crippen LogP contribution in [0.15, 0.2) is 41.4 Å². The number of benzene rings is 2. The van der Waals surface area contributed by atoms with Crippen LogP contribution in [0.5, 0.6) is 17.2 Å². The molecule has 0 fully saturated rings. The fourth-order valence-electron chi connectivity index (χ4n) is 2.97. The molecule has 29 heavy (non-hydrogen) atoms. The molecule has 2 rings (SSSR count). The Morgan fingerprint density at radius 2 is 1.62 bits per heavy atom. The van der Waals surface area contributed by atoms with Crippen molar-refractivity contribution in [3.63, 3.8) is 0 Å². The molecule has 160 valence electrons. The molecule has 0 bridgehead atoms. The van der Waals surface area contributed by atoms with Gasteiger partial charge in [0, 0.05) is 31.8 Å². The largest absolute Gasteiger partial charge is 0.496 e. The lowest BCUT2D eigenvalue weighted by Gasteiger charge is -2.18. The van der Waals surface area contributed by atoms with Crippen LogP contribution in [-0.2, 0) is 6.54 Å². The van der Waals surface area contributed by atoms with E-state index in [1.54, 1.807) is 28.4 Å². The molecular weight excluding hydrogens is 481 g/mol. The van der Waals surface area contributed by atoms with Crippen molar-refractivity contribution in [2.24, 2.45) is 4.99 Å². The lowest BCUT2D eigenvalue weighted by molar-refractivity contribution is 0.347. The summed E-state index contributed by atoms with van der Waals surface area (Å²) in [5.41, 5.74) is 3.53. The first-order valence-corrected chi connectivity index (χ1v) is 9.32. The predicted molar refractivity (Wildman–Crippen MR) is 129 cm³/mol. The fourth-order valence-corrected chi connectivity index (χ4v) is 2.97. The van der Waals surface area contributed by atoms with E-state index in [0.29, 0.717) is 24.0 Å². The van der Waals surface area contributed by atoms with Gasteiger partial charge in [0.15, 0.2) is 17.5 Å². The fraction of sp³-hybridized carbons (Fsp3) is 0.409. The van der Waals surface area contributed by atoms with Crippen LogP contribution in [-0.4, -0.2) is 40.9 Å². The third kappa shape index (κ3) is 6.99. The summed E-state index contributed by atoms with van der Waals surface area (Å²) in [4.78, 5) is 4.32. The van der Waals surface area contributed by atoms with E-state index in [0.717, 1.165) is 23.8 Å². The van der Waals surface area contributed by atoms with Crippen molar-refractivity contribution >= 4 is 29.9 Å². The van der Waals surface area contributed by atoms with E-state index in [1.165, 1.54) is 11.1 Å². The van der Waals surface area contributed by atoms with Crippen molar-refractivity contribution in [3.05, 3.63) is 53.1 Å². The smallest absolute Gasteiger partial charge is 0.191 e. The molecule has 7 heteroatoms. The maximum absolute atomic E-state index is 5.48. The Balaban J connectivity index is 0.00000420. The Morgan fingerprint density at radius 3 is 2.21 bits per heavy atom. The second kappa shape index (κ2) is 12.4. The number of guanidine groups is 1. The minimum Gasteiger partial charge on any atom is -0.496 e. The minimum atomic E-state index is 0. The van der Waals surface area contributed by atoms with Gasteiger partial charge in [0.1, 0.15) is 5.75 Å². The van der Waals surface area contributed by atoms with Crippen LogP contribution >= 0.6 is 24.0 Å². The maximum atomic E-state index is 5.48. The Bertz CT molecular complexity index is 812. The number of hydrogen-bond acceptors (Lipinski definition) is 4. The second-order valence-corrected chi connectivity index (χ2v) is 6.64. The number of rotatable bonds is 8. The molecule has 0 amide bonds. The van der Waals surface area contributed by atoms with Crippen LogP contribution in [0.25, 0.3) is 0 Å². The molecule has 1 unspecified atom stereocenters. The summed E-state index contributed by atoms with van der Waals surface area (Å²) in [6, 6.07) is 12.3. The molecule has 1 atom stereocenters. The molecule has 0 heterocycles. The number of halogens is 1. The van der Waals surface area contributed by atoms with Crippen molar-refractivity contribution in [2.75, 3.05) is 34.9 Å². The van der Waals surface area contributed by atoms with Crippen molar-refractivity contribution < 1.29 is 14.2 Å². The maximum Gasteiger partial charge on any atom is 0.191 e. The summed E-state index contributed by atoms with van der Waals surface area (Å²) in [6.07, 6.45) is 0. The van der Waals surface area contributed by atoms with Gasteiger partial charge in [0.25, 0.3) is 0 Å².